The summed E-state index contributed by atoms with van der Waals surface area (Å²) in [5, 5.41) is 8.33. The molecule has 0 bridgehead atoms. The van der Waals surface area contributed by atoms with Crippen LogP contribution in [0, 0.1) is 5.82 Å². The fourth-order valence-corrected chi connectivity index (χ4v) is 5.22. The Morgan fingerprint density at radius 2 is 1.71 bits per heavy atom. The molecule has 1 heterocycles. The molecule has 0 amide bonds. The molecule has 0 saturated heterocycles. The molecular weight excluding hydrogens is 566 g/mol. The van der Waals surface area contributed by atoms with E-state index in [0.29, 0.717) is 34.8 Å². The quantitative estimate of drug-likeness (QED) is 0.163. The highest BCUT2D eigenvalue weighted by molar-refractivity contribution is 6.36. The zero-order chi connectivity index (χ0) is 32.4. The second-order valence-corrected chi connectivity index (χ2v) is 11.4. The Bertz CT molecular complexity index is 1150. The molecule has 0 spiro atoms. The standard InChI is InChI=1S/C26H34Cl2FN3.C7H15N.C2H6/c1-6-9-22(10-7-2)32-16-21(15-31-32)19(8-3)14-20(18(5)30)13-17(4)25-23(27)11-12-24(29)26(25)28;1-5-7(4)8-6(2)3;1-2/h8,11-12,14-17,22H,3,6-7,9-10,13,30H2,1-2,4-5H3;6,8H,4-5H2,1-3H3;1-2H3/b19-14+,20-18+;;. The van der Waals surface area contributed by atoms with E-state index in [4.69, 9.17) is 28.9 Å². The lowest BCUT2D eigenvalue weighted by molar-refractivity contribution is 0.391. The van der Waals surface area contributed by atoms with Crippen LogP contribution < -0.4 is 11.1 Å². The molecule has 1 aromatic heterocycles. The van der Waals surface area contributed by atoms with E-state index in [1.165, 1.54) is 12.1 Å². The van der Waals surface area contributed by atoms with Gasteiger partial charge in [0.25, 0.3) is 0 Å². The van der Waals surface area contributed by atoms with Crippen molar-refractivity contribution in [1.29, 1.82) is 0 Å². The molecule has 236 valence electrons. The fraction of sp³-hybridized carbons (Fsp3) is 0.514. The van der Waals surface area contributed by atoms with Crippen molar-refractivity contribution in [2.45, 2.75) is 119 Å². The average molecular weight is 622 g/mol. The van der Waals surface area contributed by atoms with Crippen LogP contribution in [-0.2, 0) is 0 Å². The van der Waals surface area contributed by atoms with Gasteiger partial charge in [-0.3, -0.25) is 4.68 Å². The number of nitrogens with one attached hydrogen (secondary N) is 1. The van der Waals surface area contributed by atoms with Gasteiger partial charge in [-0.15, -0.1) is 0 Å². The molecule has 7 heteroatoms. The summed E-state index contributed by atoms with van der Waals surface area (Å²) in [6.45, 7) is 26.3. The first-order chi connectivity index (χ1) is 19.9. The number of nitrogens with zero attached hydrogens (tertiary/aromatic N) is 2. The van der Waals surface area contributed by atoms with Gasteiger partial charge in [-0.25, -0.2) is 4.39 Å². The van der Waals surface area contributed by atoms with Gasteiger partial charge in [0, 0.05) is 34.2 Å². The fourth-order valence-electron chi connectivity index (χ4n) is 4.48. The summed E-state index contributed by atoms with van der Waals surface area (Å²) in [4.78, 5) is 0. The highest BCUT2D eigenvalue weighted by Gasteiger charge is 2.19. The minimum absolute atomic E-state index is 0.0612. The second kappa shape index (κ2) is 21.2. The van der Waals surface area contributed by atoms with E-state index in [2.05, 4.69) is 69.1 Å². The van der Waals surface area contributed by atoms with Crippen LogP contribution in [0.15, 0.2) is 66.8 Å². The van der Waals surface area contributed by atoms with Crippen molar-refractivity contribution < 1.29 is 4.39 Å². The minimum Gasteiger partial charge on any atom is -0.402 e. The maximum absolute atomic E-state index is 14.0. The van der Waals surface area contributed by atoms with E-state index in [0.717, 1.165) is 54.5 Å². The first-order valence-corrected chi connectivity index (χ1v) is 16.1. The van der Waals surface area contributed by atoms with Gasteiger partial charge in [-0.05, 0) is 87.3 Å². The predicted octanol–water partition coefficient (Wildman–Crippen LogP) is 11.4. The molecule has 0 aliphatic carbocycles. The summed E-state index contributed by atoms with van der Waals surface area (Å²) in [5.41, 5.74) is 11.5. The molecule has 0 radical (unpaired) electrons. The van der Waals surface area contributed by atoms with Gasteiger partial charge >= 0.3 is 0 Å². The molecule has 0 aliphatic rings. The van der Waals surface area contributed by atoms with Crippen molar-refractivity contribution in [2.75, 3.05) is 0 Å². The lowest BCUT2D eigenvalue weighted by atomic mass is 9.91. The van der Waals surface area contributed by atoms with Crippen molar-refractivity contribution in [3.05, 3.63) is 93.8 Å². The van der Waals surface area contributed by atoms with Gasteiger partial charge in [0.15, 0.2) is 0 Å². The SMILES string of the molecule is C=C(CC)NC(C)C.C=C/C(=C\C(CC(C)c1c(Cl)ccc(F)c1Cl)=C(/C)N)c1cnn(C(CCC)CCC)c1.CC. The molecule has 1 atom stereocenters. The van der Waals surface area contributed by atoms with Crippen LogP contribution in [0.3, 0.4) is 0 Å². The molecule has 2 aromatic rings. The zero-order valence-electron chi connectivity index (χ0n) is 27.5. The largest absolute Gasteiger partial charge is 0.402 e. The number of hydrogen-bond donors (Lipinski definition) is 2. The number of halogens is 3. The van der Waals surface area contributed by atoms with Crippen molar-refractivity contribution in [2.24, 2.45) is 5.73 Å². The summed E-state index contributed by atoms with van der Waals surface area (Å²) in [5.74, 6) is -0.598. The molecule has 2 rings (SSSR count). The van der Waals surface area contributed by atoms with E-state index in [1.54, 1.807) is 0 Å². The lowest BCUT2D eigenvalue weighted by Crippen LogP contribution is -2.20. The van der Waals surface area contributed by atoms with Gasteiger partial charge in [0.05, 0.1) is 17.3 Å². The monoisotopic (exact) mass is 620 g/mol. The molecule has 0 saturated carbocycles. The van der Waals surface area contributed by atoms with Crippen LogP contribution in [-0.4, -0.2) is 15.8 Å². The summed E-state index contributed by atoms with van der Waals surface area (Å²) in [6.07, 6.45) is 13.8. The Morgan fingerprint density at radius 1 is 1.12 bits per heavy atom. The van der Waals surface area contributed by atoms with E-state index >= 15 is 0 Å². The third-order valence-electron chi connectivity index (χ3n) is 6.63. The van der Waals surface area contributed by atoms with Crippen LogP contribution in [0.1, 0.15) is 124 Å². The molecule has 4 nitrogen and oxygen atoms in total. The molecule has 42 heavy (non-hydrogen) atoms. The van der Waals surface area contributed by atoms with Gasteiger partial charge in [-0.2, -0.15) is 5.10 Å². The topological polar surface area (TPSA) is 55.9 Å². The van der Waals surface area contributed by atoms with Crippen LogP contribution in [0.2, 0.25) is 10.0 Å². The summed E-state index contributed by atoms with van der Waals surface area (Å²) < 4.78 is 16.1. The van der Waals surface area contributed by atoms with Crippen LogP contribution in [0.5, 0.6) is 0 Å². The van der Waals surface area contributed by atoms with Gasteiger partial charge in [0.2, 0.25) is 0 Å². The number of benzene rings is 1. The molecule has 3 N–H and O–H groups in total. The molecule has 0 fully saturated rings. The average Bonchev–Trinajstić information content (AvgIpc) is 3.44. The predicted molar refractivity (Wildman–Crippen MR) is 185 cm³/mol. The minimum atomic E-state index is -0.476. The molecule has 1 unspecified atom stereocenters. The van der Waals surface area contributed by atoms with E-state index in [9.17, 15) is 4.39 Å². The summed E-state index contributed by atoms with van der Waals surface area (Å²) >= 11 is 12.6. The third kappa shape index (κ3) is 13.2. The van der Waals surface area contributed by atoms with Gasteiger partial charge in [-0.1, -0.05) is 96.8 Å². The Hall–Kier alpha value is -2.50. The maximum atomic E-state index is 14.0. The smallest absolute Gasteiger partial charge is 0.142 e. The van der Waals surface area contributed by atoms with E-state index in [-0.39, 0.29) is 10.9 Å². The van der Waals surface area contributed by atoms with E-state index in [1.807, 2.05) is 46.0 Å². The van der Waals surface area contributed by atoms with E-state index < -0.39 is 5.82 Å². The number of nitrogens with two attached hydrogens (primary N) is 1. The Labute approximate surface area is 265 Å². The number of aromatic nitrogens is 2. The molecule has 0 aliphatic heterocycles. The zero-order valence-corrected chi connectivity index (χ0v) is 29.0. The molecular formula is C35H55Cl2FN4. The van der Waals surface area contributed by atoms with Crippen molar-refractivity contribution in [1.82, 2.24) is 15.1 Å². The lowest BCUT2D eigenvalue weighted by Gasteiger charge is -2.18. The number of allylic oxidation sites excluding steroid dienone is 6. The van der Waals surface area contributed by atoms with Gasteiger partial charge in [0.1, 0.15) is 5.82 Å². The first-order valence-electron chi connectivity index (χ1n) is 15.3. The van der Waals surface area contributed by atoms with Crippen LogP contribution in [0.25, 0.3) is 5.57 Å². The first kappa shape index (κ1) is 39.5. The Balaban J connectivity index is 0.00000145. The van der Waals surface area contributed by atoms with Crippen LogP contribution >= 0.6 is 23.2 Å². The van der Waals surface area contributed by atoms with Crippen molar-refractivity contribution >= 4 is 28.8 Å². The van der Waals surface area contributed by atoms with Crippen LogP contribution in [0.4, 0.5) is 4.39 Å². The number of rotatable bonds is 14. The summed E-state index contributed by atoms with van der Waals surface area (Å²) in [6, 6.07) is 3.75. The summed E-state index contributed by atoms with van der Waals surface area (Å²) in [7, 11) is 0. The normalized spacial score (nSPS) is 12.6. The highest BCUT2D eigenvalue weighted by atomic mass is 35.5. The Morgan fingerprint density at radius 3 is 2.17 bits per heavy atom. The number of hydrogen-bond acceptors (Lipinski definition) is 3. The van der Waals surface area contributed by atoms with Crippen molar-refractivity contribution in [3.8, 4) is 0 Å². The maximum Gasteiger partial charge on any atom is 0.142 e. The third-order valence-corrected chi connectivity index (χ3v) is 7.34. The highest BCUT2D eigenvalue weighted by Crippen LogP contribution is 2.37. The van der Waals surface area contributed by atoms with Gasteiger partial charge < -0.3 is 11.1 Å². The Kier molecular flexibility index (Phi) is 20.0. The van der Waals surface area contributed by atoms with Crippen molar-refractivity contribution in [3.63, 3.8) is 0 Å². The second-order valence-electron chi connectivity index (χ2n) is 10.6. The molecule has 1 aromatic carbocycles.